The Kier molecular flexibility index (Phi) is 4.81. The molecule has 0 aliphatic carbocycles. The van der Waals surface area contributed by atoms with Crippen molar-refractivity contribution in [3.05, 3.63) is 23.8 Å². The molecule has 1 aromatic carbocycles. The first-order valence-electron chi connectivity index (χ1n) is 7.39. The summed E-state index contributed by atoms with van der Waals surface area (Å²) in [6.07, 6.45) is -0.374. The van der Waals surface area contributed by atoms with Crippen molar-refractivity contribution in [3.8, 4) is 11.5 Å². The van der Waals surface area contributed by atoms with Crippen LogP contribution in [0.25, 0.3) is 0 Å². The van der Waals surface area contributed by atoms with Gasteiger partial charge in [-0.25, -0.2) is 4.79 Å². The van der Waals surface area contributed by atoms with Crippen LogP contribution in [0.2, 0.25) is 0 Å². The third-order valence-electron chi connectivity index (χ3n) is 3.47. The van der Waals surface area contributed by atoms with Gasteiger partial charge in [-0.05, 0) is 39.0 Å². The predicted molar refractivity (Wildman–Crippen MR) is 83.2 cm³/mol. The van der Waals surface area contributed by atoms with Gasteiger partial charge in [0.2, 0.25) is 0 Å². The lowest BCUT2D eigenvalue weighted by molar-refractivity contribution is 0.0116. The van der Waals surface area contributed by atoms with E-state index in [1.165, 1.54) is 0 Å². The zero-order chi connectivity index (χ0) is 16.3. The number of hydrogen-bond acceptors (Lipinski definition) is 5. The van der Waals surface area contributed by atoms with E-state index in [1.54, 1.807) is 30.2 Å². The molecular weight excluding hydrogens is 284 g/mol. The van der Waals surface area contributed by atoms with Gasteiger partial charge < -0.3 is 19.9 Å². The highest BCUT2D eigenvalue weighted by molar-refractivity contribution is 5.69. The predicted octanol–water partition coefficient (Wildman–Crippen LogP) is 2.28. The molecule has 1 unspecified atom stereocenters. The summed E-state index contributed by atoms with van der Waals surface area (Å²) in [5.41, 5.74) is 0.0977. The largest absolute Gasteiger partial charge is 0.508 e. The molecule has 1 aromatic rings. The van der Waals surface area contributed by atoms with E-state index in [2.05, 4.69) is 5.32 Å². The maximum Gasteiger partial charge on any atom is 0.410 e. The van der Waals surface area contributed by atoms with Gasteiger partial charge in [0.25, 0.3) is 0 Å². The lowest BCUT2D eigenvalue weighted by Gasteiger charge is -2.37. The summed E-state index contributed by atoms with van der Waals surface area (Å²) in [4.78, 5) is 14.1. The van der Waals surface area contributed by atoms with Crippen LogP contribution in [-0.4, -0.2) is 48.4 Å². The molecule has 0 spiro atoms. The van der Waals surface area contributed by atoms with E-state index in [4.69, 9.17) is 9.47 Å². The number of rotatable bonds is 2. The number of piperazine rings is 1. The van der Waals surface area contributed by atoms with E-state index in [0.717, 1.165) is 0 Å². The molecule has 6 nitrogen and oxygen atoms in total. The van der Waals surface area contributed by atoms with Crippen LogP contribution in [0.3, 0.4) is 0 Å². The van der Waals surface area contributed by atoms with E-state index in [0.29, 0.717) is 30.9 Å². The van der Waals surface area contributed by atoms with Crippen molar-refractivity contribution in [2.45, 2.75) is 32.4 Å². The molecule has 22 heavy (non-hydrogen) atoms. The molecule has 2 rings (SSSR count). The molecule has 0 bridgehead atoms. The fourth-order valence-electron chi connectivity index (χ4n) is 2.45. The van der Waals surface area contributed by atoms with Gasteiger partial charge in [-0.3, -0.25) is 4.90 Å². The number of carbonyl (C=O) groups excluding carboxylic acids is 1. The smallest absolute Gasteiger partial charge is 0.410 e. The average molecular weight is 308 g/mol. The maximum atomic E-state index is 12.4. The number of phenols is 1. The van der Waals surface area contributed by atoms with Crippen molar-refractivity contribution in [2.75, 3.05) is 26.7 Å². The lowest BCUT2D eigenvalue weighted by Crippen LogP contribution is -2.50. The quantitative estimate of drug-likeness (QED) is 0.877. The Morgan fingerprint density at radius 1 is 1.41 bits per heavy atom. The van der Waals surface area contributed by atoms with Gasteiger partial charge in [0.05, 0.1) is 13.2 Å². The molecular formula is C16H24N2O4. The number of hydrogen-bond donors (Lipinski definition) is 2. The van der Waals surface area contributed by atoms with Gasteiger partial charge in [0.15, 0.2) is 0 Å². The van der Waals surface area contributed by atoms with Crippen LogP contribution < -0.4 is 10.1 Å². The third-order valence-corrected chi connectivity index (χ3v) is 3.47. The standard InChI is InChI=1S/C16H24N2O4/c1-16(2,3)22-15(20)18-8-7-17-10-13(18)12-9-11(21-4)5-6-14(12)19/h5-6,9,13,17,19H,7-8,10H2,1-4H3. The molecule has 2 N–H and O–H groups in total. The van der Waals surface area contributed by atoms with Crippen LogP contribution in [-0.2, 0) is 4.74 Å². The van der Waals surface area contributed by atoms with Crippen molar-refractivity contribution in [3.63, 3.8) is 0 Å². The lowest BCUT2D eigenvalue weighted by atomic mass is 10.0. The van der Waals surface area contributed by atoms with Crippen molar-refractivity contribution in [1.29, 1.82) is 0 Å². The van der Waals surface area contributed by atoms with E-state index < -0.39 is 5.60 Å². The Bertz CT molecular complexity index is 539. The van der Waals surface area contributed by atoms with Crippen LogP contribution in [0.5, 0.6) is 11.5 Å². The summed E-state index contributed by atoms with van der Waals surface area (Å²) < 4.78 is 10.7. The van der Waals surface area contributed by atoms with E-state index in [9.17, 15) is 9.90 Å². The molecule has 1 atom stereocenters. The Morgan fingerprint density at radius 2 is 2.14 bits per heavy atom. The zero-order valence-electron chi connectivity index (χ0n) is 13.5. The van der Waals surface area contributed by atoms with Gasteiger partial charge in [-0.15, -0.1) is 0 Å². The number of aromatic hydroxyl groups is 1. The Balaban J connectivity index is 2.28. The second kappa shape index (κ2) is 6.44. The Labute approximate surface area is 131 Å². The molecule has 1 amide bonds. The van der Waals surface area contributed by atoms with Crippen LogP contribution in [0, 0.1) is 0 Å². The summed E-state index contributed by atoms with van der Waals surface area (Å²) >= 11 is 0. The molecule has 0 aromatic heterocycles. The summed E-state index contributed by atoms with van der Waals surface area (Å²) in [6.45, 7) is 7.29. The molecule has 1 heterocycles. The molecule has 1 aliphatic heterocycles. The van der Waals surface area contributed by atoms with Gasteiger partial charge in [-0.2, -0.15) is 0 Å². The zero-order valence-corrected chi connectivity index (χ0v) is 13.5. The second-order valence-electron chi connectivity index (χ2n) is 6.32. The minimum absolute atomic E-state index is 0.142. The van der Waals surface area contributed by atoms with Crippen LogP contribution in [0.15, 0.2) is 18.2 Å². The van der Waals surface area contributed by atoms with Crippen LogP contribution >= 0.6 is 0 Å². The van der Waals surface area contributed by atoms with Gasteiger partial charge in [0.1, 0.15) is 17.1 Å². The minimum Gasteiger partial charge on any atom is -0.508 e. The SMILES string of the molecule is COc1ccc(O)c(C2CNCCN2C(=O)OC(C)(C)C)c1. The molecule has 122 valence electrons. The summed E-state index contributed by atoms with van der Waals surface area (Å²) in [5.74, 6) is 0.783. The normalized spacial score (nSPS) is 18.9. The summed E-state index contributed by atoms with van der Waals surface area (Å²) in [5, 5.41) is 13.4. The highest BCUT2D eigenvalue weighted by Gasteiger charge is 2.32. The first-order chi connectivity index (χ1) is 10.3. The molecule has 0 radical (unpaired) electrons. The topological polar surface area (TPSA) is 71.0 Å². The number of carbonyl (C=O) groups is 1. The molecule has 1 aliphatic rings. The molecule has 1 fully saturated rings. The van der Waals surface area contributed by atoms with Crippen molar-refractivity contribution >= 4 is 6.09 Å². The second-order valence-corrected chi connectivity index (χ2v) is 6.32. The maximum absolute atomic E-state index is 12.4. The van der Waals surface area contributed by atoms with E-state index in [-0.39, 0.29) is 17.9 Å². The van der Waals surface area contributed by atoms with Crippen molar-refractivity contribution in [1.82, 2.24) is 10.2 Å². The molecule has 1 saturated heterocycles. The van der Waals surface area contributed by atoms with Crippen LogP contribution in [0.4, 0.5) is 4.79 Å². The van der Waals surface area contributed by atoms with Crippen molar-refractivity contribution < 1.29 is 19.4 Å². The number of ether oxygens (including phenoxy) is 2. The average Bonchev–Trinajstić information content (AvgIpc) is 2.46. The molecule has 6 heteroatoms. The van der Waals surface area contributed by atoms with E-state index >= 15 is 0 Å². The Hall–Kier alpha value is -1.95. The number of phenolic OH excluding ortho intramolecular Hbond substituents is 1. The monoisotopic (exact) mass is 308 g/mol. The number of methoxy groups -OCH3 is 1. The summed E-state index contributed by atoms with van der Waals surface area (Å²) in [7, 11) is 1.57. The van der Waals surface area contributed by atoms with Crippen LogP contribution in [0.1, 0.15) is 32.4 Å². The highest BCUT2D eigenvalue weighted by atomic mass is 16.6. The number of benzene rings is 1. The summed E-state index contributed by atoms with van der Waals surface area (Å²) in [6, 6.07) is 4.73. The number of amides is 1. The minimum atomic E-state index is -0.553. The fraction of sp³-hybridized carbons (Fsp3) is 0.562. The van der Waals surface area contributed by atoms with E-state index in [1.807, 2.05) is 20.8 Å². The Morgan fingerprint density at radius 3 is 2.77 bits per heavy atom. The van der Waals surface area contributed by atoms with Gasteiger partial charge in [0, 0.05) is 25.2 Å². The van der Waals surface area contributed by atoms with Gasteiger partial charge in [-0.1, -0.05) is 0 Å². The highest BCUT2D eigenvalue weighted by Crippen LogP contribution is 2.33. The van der Waals surface area contributed by atoms with Crippen molar-refractivity contribution in [2.24, 2.45) is 0 Å². The number of nitrogens with zero attached hydrogens (tertiary/aromatic N) is 1. The third kappa shape index (κ3) is 3.82. The fourth-order valence-corrected chi connectivity index (χ4v) is 2.45. The van der Waals surface area contributed by atoms with Gasteiger partial charge >= 0.3 is 6.09 Å². The first kappa shape index (κ1) is 16.4. The molecule has 0 saturated carbocycles. The number of nitrogens with one attached hydrogen (secondary N) is 1. The first-order valence-corrected chi connectivity index (χ1v) is 7.39.